The van der Waals surface area contributed by atoms with Crippen LogP contribution >= 0.6 is 0 Å². The number of hydrogen-bond acceptors (Lipinski definition) is 5. The number of pyridine rings is 1. The molecule has 0 saturated carbocycles. The highest BCUT2D eigenvalue weighted by Gasteiger charge is 2.22. The molecule has 1 rings (SSSR count). The third-order valence-electron chi connectivity index (χ3n) is 2.52. The molecule has 7 nitrogen and oxygen atoms in total. The number of nitro groups is 1. The van der Waals surface area contributed by atoms with Crippen molar-refractivity contribution in [2.75, 3.05) is 18.5 Å². The molecule has 0 radical (unpaired) electrons. The topological polar surface area (TPSA) is 96.6 Å². The summed E-state index contributed by atoms with van der Waals surface area (Å²) < 4.78 is 0. The van der Waals surface area contributed by atoms with Gasteiger partial charge in [0.25, 0.3) is 0 Å². The molecule has 0 saturated heterocycles. The van der Waals surface area contributed by atoms with Gasteiger partial charge in [0.2, 0.25) is 5.82 Å². The maximum atomic E-state index is 10.9. The fourth-order valence-electron chi connectivity index (χ4n) is 1.53. The first-order valence-corrected chi connectivity index (χ1v) is 5.39. The smallest absolute Gasteiger partial charge is 0.311 e. The van der Waals surface area contributed by atoms with Crippen LogP contribution in [0.25, 0.3) is 0 Å². The van der Waals surface area contributed by atoms with Gasteiger partial charge in [-0.25, -0.2) is 4.98 Å². The van der Waals surface area contributed by atoms with Gasteiger partial charge in [0.1, 0.15) is 0 Å². The molecule has 98 valence electrons. The molecule has 0 amide bonds. The van der Waals surface area contributed by atoms with Crippen molar-refractivity contribution in [3.63, 3.8) is 0 Å². The number of carboxylic acids is 1. The number of carboxylic acid groups (broad SMARTS) is 1. The normalized spacial score (nSPS) is 11.9. The number of aliphatic carboxylic acids is 1. The lowest BCUT2D eigenvalue weighted by atomic mass is 10.2. The van der Waals surface area contributed by atoms with Crippen LogP contribution in [0.1, 0.15) is 12.6 Å². The van der Waals surface area contributed by atoms with Gasteiger partial charge in [-0.3, -0.25) is 14.9 Å². The molecule has 0 aliphatic heterocycles. The number of carbonyl (C=O) groups is 1. The summed E-state index contributed by atoms with van der Waals surface area (Å²) in [5.74, 6) is -1.39. The standard InChI is InChI=1S/C11H15N3O4/c1-7(11(15)16)6-13(3)10-9(14(17)18)5-4-8(2)12-10/h4-5,7H,6H2,1-3H3,(H,15,16). The predicted octanol–water partition coefficient (Wildman–Crippen LogP) is 1.46. The van der Waals surface area contributed by atoms with Gasteiger partial charge in [0.05, 0.1) is 10.8 Å². The van der Waals surface area contributed by atoms with Gasteiger partial charge in [-0.15, -0.1) is 0 Å². The molecule has 1 aromatic heterocycles. The Morgan fingerprint density at radius 1 is 1.61 bits per heavy atom. The Hall–Kier alpha value is -2.18. The number of anilines is 1. The fraction of sp³-hybridized carbons (Fsp3) is 0.455. The summed E-state index contributed by atoms with van der Waals surface area (Å²) in [5.41, 5.74) is 0.520. The summed E-state index contributed by atoms with van der Waals surface area (Å²) in [6.07, 6.45) is 0. The highest BCUT2D eigenvalue weighted by Crippen LogP contribution is 2.25. The van der Waals surface area contributed by atoms with Crippen LogP contribution < -0.4 is 4.90 Å². The van der Waals surface area contributed by atoms with Crippen LogP contribution in [0.4, 0.5) is 11.5 Å². The minimum Gasteiger partial charge on any atom is -0.481 e. The van der Waals surface area contributed by atoms with Gasteiger partial charge in [-0.1, -0.05) is 6.92 Å². The van der Waals surface area contributed by atoms with Crippen molar-refractivity contribution in [2.45, 2.75) is 13.8 Å². The molecule has 0 aliphatic rings. The minimum atomic E-state index is -0.947. The molecule has 0 fully saturated rings. The number of nitrogens with zero attached hydrogens (tertiary/aromatic N) is 3. The largest absolute Gasteiger partial charge is 0.481 e. The summed E-state index contributed by atoms with van der Waals surface area (Å²) in [5, 5.41) is 19.7. The van der Waals surface area contributed by atoms with Crippen molar-refractivity contribution in [2.24, 2.45) is 5.92 Å². The monoisotopic (exact) mass is 253 g/mol. The molecule has 1 heterocycles. The first-order valence-electron chi connectivity index (χ1n) is 5.39. The van der Waals surface area contributed by atoms with E-state index in [1.54, 1.807) is 27.0 Å². The molecule has 0 spiro atoms. The maximum absolute atomic E-state index is 10.9. The Kier molecular flexibility index (Phi) is 4.19. The van der Waals surface area contributed by atoms with Crippen molar-refractivity contribution in [3.8, 4) is 0 Å². The second-order valence-corrected chi connectivity index (χ2v) is 4.17. The average molecular weight is 253 g/mol. The Morgan fingerprint density at radius 2 is 2.22 bits per heavy atom. The zero-order chi connectivity index (χ0) is 13.9. The van der Waals surface area contributed by atoms with Crippen molar-refractivity contribution < 1.29 is 14.8 Å². The summed E-state index contributed by atoms with van der Waals surface area (Å²) in [7, 11) is 1.59. The molecule has 1 unspecified atom stereocenters. The Morgan fingerprint density at radius 3 is 2.72 bits per heavy atom. The van der Waals surface area contributed by atoms with E-state index in [-0.39, 0.29) is 18.1 Å². The highest BCUT2D eigenvalue weighted by atomic mass is 16.6. The Balaban J connectivity index is 3.03. The first kappa shape index (κ1) is 13.9. The molecular weight excluding hydrogens is 238 g/mol. The van der Waals surface area contributed by atoms with Crippen LogP contribution in [0.5, 0.6) is 0 Å². The highest BCUT2D eigenvalue weighted by molar-refractivity contribution is 5.70. The van der Waals surface area contributed by atoms with Gasteiger partial charge < -0.3 is 10.0 Å². The summed E-state index contributed by atoms with van der Waals surface area (Å²) >= 11 is 0. The summed E-state index contributed by atoms with van der Waals surface area (Å²) in [6, 6.07) is 2.93. The first-order chi connectivity index (χ1) is 8.32. The SMILES string of the molecule is Cc1ccc([N+](=O)[O-])c(N(C)CC(C)C(=O)O)n1. The van der Waals surface area contributed by atoms with Crippen LogP contribution in [0.15, 0.2) is 12.1 Å². The molecule has 0 aliphatic carbocycles. The lowest BCUT2D eigenvalue weighted by Gasteiger charge is -2.20. The predicted molar refractivity (Wildman–Crippen MR) is 65.7 cm³/mol. The van der Waals surface area contributed by atoms with Crippen LogP contribution in [0.2, 0.25) is 0 Å². The van der Waals surface area contributed by atoms with E-state index in [2.05, 4.69) is 4.98 Å². The van der Waals surface area contributed by atoms with Crippen LogP contribution in [-0.2, 0) is 4.79 Å². The molecular formula is C11H15N3O4. The van der Waals surface area contributed by atoms with Gasteiger partial charge in [0, 0.05) is 25.4 Å². The molecule has 1 N–H and O–H groups in total. The second kappa shape index (κ2) is 5.44. The molecule has 1 aromatic rings. The van der Waals surface area contributed by atoms with E-state index in [1.807, 2.05) is 0 Å². The van der Waals surface area contributed by atoms with Gasteiger partial charge in [0.15, 0.2) is 0 Å². The second-order valence-electron chi connectivity index (χ2n) is 4.17. The van der Waals surface area contributed by atoms with Gasteiger partial charge in [-0.05, 0) is 13.0 Å². The van der Waals surface area contributed by atoms with Crippen molar-refractivity contribution in [3.05, 3.63) is 27.9 Å². The van der Waals surface area contributed by atoms with Gasteiger partial charge in [-0.2, -0.15) is 0 Å². The number of aryl methyl sites for hydroxylation is 1. The molecule has 0 aromatic carbocycles. The van der Waals surface area contributed by atoms with E-state index < -0.39 is 16.8 Å². The van der Waals surface area contributed by atoms with Crippen LogP contribution in [-0.4, -0.2) is 34.6 Å². The van der Waals surface area contributed by atoms with Crippen molar-refractivity contribution in [1.82, 2.24) is 4.98 Å². The maximum Gasteiger partial charge on any atom is 0.311 e. The Labute approximate surface area is 104 Å². The average Bonchev–Trinajstić information content (AvgIpc) is 2.28. The fourth-order valence-corrected chi connectivity index (χ4v) is 1.53. The van der Waals surface area contributed by atoms with E-state index in [0.29, 0.717) is 5.69 Å². The van der Waals surface area contributed by atoms with Gasteiger partial charge >= 0.3 is 11.7 Å². The molecule has 18 heavy (non-hydrogen) atoms. The minimum absolute atomic E-state index is 0.124. The third-order valence-corrected chi connectivity index (χ3v) is 2.52. The van der Waals surface area contributed by atoms with Crippen molar-refractivity contribution >= 4 is 17.5 Å². The summed E-state index contributed by atoms with van der Waals surface area (Å²) in [6.45, 7) is 3.43. The quantitative estimate of drug-likeness (QED) is 0.630. The molecule has 0 bridgehead atoms. The lowest BCUT2D eigenvalue weighted by Crippen LogP contribution is -2.29. The van der Waals surface area contributed by atoms with Crippen LogP contribution in [0.3, 0.4) is 0 Å². The van der Waals surface area contributed by atoms with E-state index in [9.17, 15) is 14.9 Å². The lowest BCUT2D eigenvalue weighted by molar-refractivity contribution is -0.384. The van der Waals surface area contributed by atoms with E-state index in [0.717, 1.165) is 0 Å². The zero-order valence-electron chi connectivity index (χ0n) is 10.5. The molecule has 1 atom stereocenters. The Bertz CT molecular complexity index is 475. The third kappa shape index (κ3) is 3.16. The van der Waals surface area contributed by atoms with E-state index in [4.69, 9.17) is 5.11 Å². The van der Waals surface area contributed by atoms with Crippen LogP contribution in [0, 0.1) is 23.0 Å². The summed E-state index contributed by atoms with van der Waals surface area (Å²) in [4.78, 5) is 26.7. The number of aromatic nitrogens is 1. The zero-order valence-corrected chi connectivity index (χ0v) is 10.5. The van der Waals surface area contributed by atoms with E-state index >= 15 is 0 Å². The molecule has 7 heteroatoms. The van der Waals surface area contributed by atoms with E-state index in [1.165, 1.54) is 11.0 Å². The number of rotatable bonds is 5. The number of hydrogen-bond donors (Lipinski definition) is 1. The van der Waals surface area contributed by atoms with Crippen molar-refractivity contribution in [1.29, 1.82) is 0 Å².